The lowest BCUT2D eigenvalue weighted by Crippen LogP contribution is -2.02. The van der Waals surface area contributed by atoms with Crippen LogP contribution < -0.4 is 0 Å². The van der Waals surface area contributed by atoms with Crippen molar-refractivity contribution < 1.29 is 4.42 Å². The summed E-state index contributed by atoms with van der Waals surface area (Å²) in [7, 11) is 0. The second kappa shape index (κ2) is 13.6. The molecule has 58 heavy (non-hydrogen) atoms. The van der Waals surface area contributed by atoms with Crippen molar-refractivity contribution in [3.05, 3.63) is 194 Å². The van der Waals surface area contributed by atoms with Gasteiger partial charge in [-0.1, -0.05) is 140 Å². The van der Waals surface area contributed by atoms with E-state index in [9.17, 15) is 5.26 Å². The van der Waals surface area contributed by atoms with Crippen LogP contribution in [0.2, 0.25) is 0 Å². The number of aromatic nitrogens is 4. The van der Waals surface area contributed by atoms with Gasteiger partial charge in [-0.05, 0) is 65.2 Å². The Labute approximate surface area is 333 Å². The lowest BCUT2D eigenvalue weighted by Gasteiger charge is -2.18. The van der Waals surface area contributed by atoms with Gasteiger partial charge in [0.05, 0.1) is 28.1 Å². The molecule has 3 heterocycles. The zero-order valence-corrected chi connectivity index (χ0v) is 31.0. The molecular weight excluding hydrogens is 711 g/mol. The lowest BCUT2D eigenvalue weighted by molar-refractivity contribution is 0.673. The molecule has 0 saturated carbocycles. The molecule has 0 aliphatic rings. The Morgan fingerprint density at radius 1 is 0.448 bits per heavy atom. The minimum absolute atomic E-state index is 0.485. The first-order chi connectivity index (χ1) is 28.7. The summed E-state index contributed by atoms with van der Waals surface area (Å²) in [5.74, 6) is 1.59. The van der Waals surface area contributed by atoms with Crippen molar-refractivity contribution in [2.75, 3.05) is 0 Å². The first kappa shape index (κ1) is 33.2. The molecule has 8 aromatic carbocycles. The molecule has 0 fully saturated rings. The minimum atomic E-state index is 0.485. The van der Waals surface area contributed by atoms with E-state index < -0.39 is 0 Å². The number of benzene rings is 8. The van der Waals surface area contributed by atoms with E-state index in [1.54, 1.807) is 0 Å². The van der Waals surface area contributed by atoms with Gasteiger partial charge in [0.25, 0.3) is 0 Å². The molecule has 3 aromatic heterocycles. The van der Waals surface area contributed by atoms with E-state index in [0.717, 1.165) is 88.4 Å². The number of furan rings is 1. The Morgan fingerprint density at radius 2 is 1.02 bits per heavy atom. The van der Waals surface area contributed by atoms with Gasteiger partial charge in [0.2, 0.25) is 0 Å². The van der Waals surface area contributed by atoms with Gasteiger partial charge >= 0.3 is 0 Å². The second-order valence-electron chi connectivity index (χ2n) is 14.3. The summed E-state index contributed by atoms with van der Waals surface area (Å²) < 4.78 is 8.86. The molecule has 0 radical (unpaired) electrons. The molecular formula is C52H31N5O. The first-order valence-corrected chi connectivity index (χ1v) is 19.2. The number of fused-ring (bicyclic) bond motifs is 7. The standard InChI is InChI=1S/C52H31N5O/c53-32-33-30-42(34-14-4-1-5-15-34)47(43(31-33)52-55-50(36-16-6-2-7-17-36)54-51(56-52)37-18-8-3-9-19-37)35-24-26-38(27-25-35)57-44-22-12-10-21-41(44)48-45(57)29-28-40-39-20-11-13-23-46(39)58-49(40)48/h1-31H. The zero-order chi connectivity index (χ0) is 38.6. The summed E-state index contributed by atoms with van der Waals surface area (Å²) in [6, 6.07) is 66.1. The van der Waals surface area contributed by atoms with Gasteiger partial charge in [-0.15, -0.1) is 0 Å². The topological polar surface area (TPSA) is 80.5 Å². The maximum Gasteiger partial charge on any atom is 0.164 e. The Hall–Kier alpha value is -8.14. The van der Waals surface area contributed by atoms with Crippen LogP contribution in [0, 0.1) is 11.3 Å². The van der Waals surface area contributed by atoms with Crippen LogP contribution >= 0.6 is 0 Å². The van der Waals surface area contributed by atoms with Crippen LogP contribution in [0.4, 0.5) is 0 Å². The smallest absolute Gasteiger partial charge is 0.164 e. The quantitative estimate of drug-likeness (QED) is 0.169. The normalized spacial score (nSPS) is 11.4. The Morgan fingerprint density at radius 3 is 1.69 bits per heavy atom. The maximum absolute atomic E-state index is 10.4. The van der Waals surface area contributed by atoms with Gasteiger partial charge < -0.3 is 8.98 Å². The molecule has 0 aliphatic heterocycles. The predicted molar refractivity (Wildman–Crippen MR) is 233 cm³/mol. The van der Waals surface area contributed by atoms with E-state index >= 15 is 0 Å². The van der Waals surface area contributed by atoms with Crippen molar-refractivity contribution >= 4 is 43.7 Å². The van der Waals surface area contributed by atoms with E-state index in [2.05, 4.69) is 95.6 Å². The van der Waals surface area contributed by atoms with Crippen LogP contribution in [0.25, 0.3) is 106 Å². The van der Waals surface area contributed by atoms with E-state index in [1.807, 2.05) is 103 Å². The Balaban J connectivity index is 1.14. The zero-order valence-electron chi connectivity index (χ0n) is 31.0. The van der Waals surface area contributed by atoms with Crippen molar-refractivity contribution in [3.63, 3.8) is 0 Å². The summed E-state index contributed by atoms with van der Waals surface area (Å²) in [5.41, 5.74) is 11.7. The number of nitrogens with zero attached hydrogens (tertiary/aromatic N) is 5. The van der Waals surface area contributed by atoms with Gasteiger partial charge in [0.15, 0.2) is 17.5 Å². The van der Waals surface area contributed by atoms with Crippen molar-refractivity contribution in [1.29, 1.82) is 5.26 Å². The summed E-state index contributed by atoms with van der Waals surface area (Å²) in [6.45, 7) is 0. The van der Waals surface area contributed by atoms with E-state index in [4.69, 9.17) is 19.4 Å². The average molecular weight is 742 g/mol. The van der Waals surface area contributed by atoms with E-state index in [-0.39, 0.29) is 0 Å². The summed E-state index contributed by atoms with van der Waals surface area (Å²) in [4.78, 5) is 15.2. The van der Waals surface area contributed by atoms with E-state index in [0.29, 0.717) is 23.0 Å². The monoisotopic (exact) mass is 741 g/mol. The van der Waals surface area contributed by atoms with Gasteiger partial charge in [0.1, 0.15) is 11.2 Å². The molecule has 11 rings (SSSR count). The van der Waals surface area contributed by atoms with E-state index in [1.165, 1.54) is 0 Å². The molecule has 0 N–H and O–H groups in total. The molecule has 0 atom stereocenters. The van der Waals surface area contributed by atoms with Crippen LogP contribution in [0.5, 0.6) is 0 Å². The fourth-order valence-electron chi connectivity index (χ4n) is 8.26. The van der Waals surface area contributed by atoms with Crippen molar-refractivity contribution in [2.24, 2.45) is 0 Å². The molecule has 6 heteroatoms. The van der Waals surface area contributed by atoms with Gasteiger partial charge in [-0.2, -0.15) is 5.26 Å². The third kappa shape index (κ3) is 5.45. The third-order valence-corrected chi connectivity index (χ3v) is 10.9. The van der Waals surface area contributed by atoms with Crippen molar-refractivity contribution in [3.8, 4) is 68.2 Å². The number of para-hydroxylation sites is 2. The van der Waals surface area contributed by atoms with Crippen LogP contribution in [-0.4, -0.2) is 19.5 Å². The van der Waals surface area contributed by atoms with Gasteiger partial charge in [-0.3, -0.25) is 0 Å². The lowest BCUT2D eigenvalue weighted by atomic mass is 9.88. The van der Waals surface area contributed by atoms with Crippen molar-refractivity contribution in [1.82, 2.24) is 19.5 Å². The average Bonchev–Trinajstić information content (AvgIpc) is 3.85. The van der Waals surface area contributed by atoms with Crippen molar-refractivity contribution in [2.45, 2.75) is 0 Å². The summed E-state index contributed by atoms with van der Waals surface area (Å²) in [6.07, 6.45) is 0. The number of nitriles is 1. The fourth-order valence-corrected chi connectivity index (χ4v) is 8.26. The molecule has 0 amide bonds. The molecule has 0 saturated heterocycles. The number of hydrogen-bond acceptors (Lipinski definition) is 5. The highest BCUT2D eigenvalue weighted by Crippen LogP contribution is 2.43. The largest absolute Gasteiger partial charge is 0.455 e. The predicted octanol–water partition coefficient (Wildman–Crippen LogP) is 13.1. The highest BCUT2D eigenvalue weighted by Gasteiger charge is 2.22. The van der Waals surface area contributed by atoms with Crippen LogP contribution in [0.15, 0.2) is 192 Å². The maximum atomic E-state index is 10.4. The highest BCUT2D eigenvalue weighted by atomic mass is 16.3. The minimum Gasteiger partial charge on any atom is -0.455 e. The molecule has 0 bridgehead atoms. The third-order valence-electron chi connectivity index (χ3n) is 10.9. The summed E-state index contributed by atoms with van der Waals surface area (Å²) in [5, 5.41) is 14.8. The second-order valence-corrected chi connectivity index (χ2v) is 14.3. The molecule has 0 spiro atoms. The molecule has 270 valence electrons. The molecule has 0 unspecified atom stereocenters. The summed E-state index contributed by atoms with van der Waals surface area (Å²) >= 11 is 0. The molecule has 6 nitrogen and oxygen atoms in total. The van der Waals surface area contributed by atoms with Crippen LogP contribution in [0.1, 0.15) is 5.56 Å². The molecule has 0 aliphatic carbocycles. The van der Waals surface area contributed by atoms with Gasteiger partial charge in [0, 0.05) is 44.1 Å². The number of hydrogen-bond donors (Lipinski definition) is 0. The SMILES string of the molecule is N#Cc1cc(-c2ccccc2)c(-c2ccc(-n3c4ccccc4c4c5oc6ccccc6c5ccc43)cc2)c(-c2nc(-c3ccccc3)nc(-c3ccccc3)n2)c1. The fraction of sp³-hybridized carbons (Fsp3) is 0. The first-order valence-electron chi connectivity index (χ1n) is 19.2. The highest BCUT2D eigenvalue weighted by molar-refractivity contribution is 6.23. The Kier molecular flexibility index (Phi) is 7.76. The van der Waals surface area contributed by atoms with Crippen LogP contribution in [-0.2, 0) is 0 Å². The number of rotatable bonds is 6. The Bertz CT molecular complexity index is 3320. The van der Waals surface area contributed by atoms with Gasteiger partial charge in [-0.25, -0.2) is 15.0 Å². The molecule has 11 aromatic rings. The van der Waals surface area contributed by atoms with Crippen LogP contribution in [0.3, 0.4) is 0 Å².